The first-order valence-electron chi connectivity index (χ1n) is 2.47. The second kappa shape index (κ2) is 3.27. The molecule has 0 aliphatic heterocycles. The smallest absolute Gasteiger partial charge is 0.152 e. The lowest BCUT2D eigenvalue weighted by Crippen LogP contribution is -1.63. The molecule has 1 nitrogen and oxygen atoms in total. The molecular weight excluding hydrogens is 166 g/mol. The van der Waals surface area contributed by atoms with Gasteiger partial charge in [-0.25, -0.2) is 0 Å². The molecule has 0 aliphatic rings. The van der Waals surface area contributed by atoms with Crippen molar-refractivity contribution in [1.29, 1.82) is 5.26 Å². The molecule has 1 rings (SSSR count). The van der Waals surface area contributed by atoms with Gasteiger partial charge in [0, 0.05) is 5.92 Å². The molecule has 0 aromatic carbocycles. The molecule has 3 heteroatoms. The van der Waals surface area contributed by atoms with Crippen molar-refractivity contribution in [1.82, 2.24) is 0 Å². The van der Waals surface area contributed by atoms with Crippen molar-refractivity contribution < 1.29 is 0 Å². The van der Waals surface area contributed by atoms with Gasteiger partial charge in [0.1, 0.15) is 4.34 Å². The molecule has 0 saturated carbocycles. The predicted molar refractivity (Wildman–Crippen MR) is 41.8 cm³/mol. The Kier molecular flexibility index (Phi) is 2.34. The molecule has 0 amide bonds. The van der Waals surface area contributed by atoms with Gasteiger partial charge >= 0.3 is 0 Å². The van der Waals surface area contributed by atoms with Crippen LogP contribution in [0.1, 0.15) is 5.56 Å². The third-order valence-electron chi connectivity index (χ3n) is 0.871. The highest BCUT2D eigenvalue weighted by Gasteiger charge is 1.94. The van der Waals surface area contributed by atoms with Crippen LogP contribution in [0.15, 0.2) is 11.4 Å². The summed E-state index contributed by atoms with van der Waals surface area (Å²) in [5, 5.41) is 9.93. The topological polar surface area (TPSA) is 23.8 Å². The van der Waals surface area contributed by atoms with Crippen LogP contribution in [-0.2, 0) is 0 Å². The monoisotopic (exact) mass is 167 g/mol. The first-order valence-corrected chi connectivity index (χ1v) is 3.73. The molecule has 1 aromatic heterocycles. The minimum atomic E-state index is 0.641. The maximum absolute atomic E-state index is 8.09. The maximum atomic E-state index is 8.09. The summed E-state index contributed by atoms with van der Waals surface area (Å²) in [6.45, 7) is 0. The van der Waals surface area contributed by atoms with Crippen LogP contribution in [0.4, 0.5) is 0 Å². The Hall–Kier alpha value is -0.960. The third-order valence-corrected chi connectivity index (χ3v) is 2.04. The average Bonchev–Trinajstić information content (AvgIpc) is 2.31. The van der Waals surface area contributed by atoms with Crippen molar-refractivity contribution in [3.63, 3.8) is 0 Å². The highest BCUT2D eigenvalue weighted by Crippen LogP contribution is 2.21. The highest BCUT2D eigenvalue weighted by molar-refractivity contribution is 7.14. The summed E-state index contributed by atoms with van der Waals surface area (Å²) in [6, 6.07) is 3.51. The van der Waals surface area contributed by atoms with Crippen LogP contribution in [0.25, 0.3) is 0 Å². The molecule has 0 radical (unpaired) electrons. The van der Waals surface area contributed by atoms with Gasteiger partial charge in [-0.1, -0.05) is 11.6 Å². The Morgan fingerprint density at radius 3 is 2.90 bits per heavy atom. The van der Waals surface area contributed by atoms with Crippen LogP contribution in [0, 0.1) is 23.2 Å². The fraction of sp³-hybridized carbons (Fsp3) is 0. The minimum Gasteiger partial charge on any atom is -0.183 e. The van der Waals surface area contributed by atoms with Crippen molar-refractivity contribution in [3.05, 3.63) is 21.3 Å². The van der Waals surface area contributed by atoms with Gasteiger partial charge in [0.05, 0.1) is 5.56 Å². The molecule has 0 saturated heterocycles. The molecule has 0 atom stereocenters. The van der Waals surface area contributed by atoms with Crippen LogP contribution in [0.2, 0.25) is 4.34 Å². The number of thiophene rings is 1. The van der Waals surface area contributed by atoms with E-state index in [1.807, 2.05) is 5.38 Å². The number of halogens is 1. The molecular formula is C7H2ClNS. The van der Waals surface area contributed by atoms with E-state index in [9.17, 15) is 0 Å². The van der Waals surface area contributed by atoms with Gasteiger partial charge in [0.25, 0.3) is 0 Å². The molecule has 0 N–H and O–H groups in total. The number of nitriles is 1. The number of nitrogens with zero attached hydrogens (tertiary/aromatic N) is 1. The Bertz CT molecular complexity index is 323. The Balaban J connectivity index is 2.97. The van der Waals surface area contributed by atoms with Crippen LogP contribution < -0.4 is 0 Å². The summed E-state index contributed by atoms with van der Waals surface area (Å²) < 4.78 is 0.641. The van der Waals surface area contributed by atoms with Gasteiger partial charge in [-0.2, -0.15) is 5.26 Å². The lowest BCUT2D eigenvalue weighted by atomic mass is 10.3. The molecule has 0 aliphatic carbocycles. The first kappa shape index (κ1) is 7.15. The van der Waals surface area contributed by atoms with Gasteiger partial charge in [-0.15, -0.1) is 11.3 Å². The van der Waals surface area contributed by atoms with Crippen LogP contribution >= 0.6 is 22.9 Å². The molecule has 10 heavy (non-hydrogen) atoms. The SMILES string of the molecule is N#CC#Cc1ccsc1Cl. The molecule has 0 bridgehead atoms. The minimum absolute atomic E-state index is 0.641. The largest absolute Gasteiger partial charge is 0.183 e. The molecule has 48 valence electrons. The van der Waals surface area contributed by atoms with Gasteiger partial charge in [0.15, 0.2) is 6.07 Å². The predicted octanol–water partition coefficient (Wildman–Crippen LogP) is 2.28. The summed E-state index contributed by atoms with van der Waals surface area (Å²) >= 11 is 7.09. The van der Waals surface area contributed by atoms with Crippen molar-refractivity contribution in [3.8, 4) is 17.9 Å². The van der Waals surface area contributed by atoms with E-state index >= 15 is 0 Å². The summed E-state index contributed by atoms with van der Waals surface area (Å²) in [5.74, 6) is 4.88. The third kappa shape index (κ3) is 1.51. The number of hydrogen-bond donors (Lipinski definition) is 0. The quantitative estimate of drug-likeness (QED) is 0.544. The summed E-state index contributed by atoms with van der Waals surface area (Å²) in [6.07, 6.45) is 0. The zero-order valence-corrected chi connectivity index (χ0v) is 6.46. The van der Waals surface area contributed by atoms with Crippen molar-refractivity contribution in [2.75, 3.05) is 0 Å². The highest BCUT2D eigenvalue weighted by atomic mass is 35.5. The molecule has 0 fully saturated rings. The van der Waals surface area contributed by atoms with E-state index in [1.54, 1.807) is 12.1 Å². The van der Waals surface area contributed by atoms with Crippen molar-refractivity contribution >= 4 is 22.9 Å². The van der Waals surface area contributed by atoms with Gasteiger partial charge in [-0.3, -0.25) is 0 Å². The Labute approximate surface area is 67.9 Å². The van der Waals surface area contributed by atoms with E-state index in [4.69, 9.17) is 16.9 Å². The molecule has 0 unspecified atom stereocenters. The van der Waals surface area contributed by atoms with E-state index in [0.717, 1.165) is 5.56 Å². The summed E-state index contributed by atoms with van der Waals surface area (Å²) in [5.41, 5.74) is 0.730. The second-order valence-corrected chi connectivity index (χ2v) is 2.99. The van der Waals surface area contributed by atoms with Crippen molar-refractivity contribution in [2.45, 2.75) is 0 Å². The first-order chi connectivity index (χ1) is 4.84. The van der Waals surface area contributed by atoms with Crippen LogP contribution in [0.3, 0.4) is 0 Å². The maximum Gasteiger partial charge on any atom is 0.152 e. The lowest BCUT2D eigenvalue weighted by molar-refractivity contribution is 1.55. The Morgan fingerprint density at radius 1 is 1.60 bits per heavy atom. The van der Waals surface area contributed by atoms with Gasteiger partial charge < -0.3 is 0 Å². The zero-order valence-electron chi connectivity index (χ0n) is 4.89. The lowest BCUT2D eigenvalue weighted by Gasteiger charge is -1.77. The van der Waals surface area contributed by atoms with E-state index in [0.29, 0.717) is 4.34 Å². The normalized spacial score (nSPS) is 7.60. The van der Waals surface area contributed by atoms with E-state index in [1.165, 1.54) is 11.3 Å². The molecule has 1 heterocycles. The van der Waals surface area contributed by atoms with E-state index < -0.39 is 0 Å². The van der Waals surface area contributed by atoms with E-state index in [2.05, 4.69) is 11.8 Å². The number of rotatable bonds is 0. The Morgan fingerprint density at radius 2 is 2.40 bits per heavy atom. The zero-order chi connectivity index (χ0) is 7.40. The van der Waals surface area contributed by atoms with Crippen molar-refractivity contribution in [2.24, 2.45) is 0 Å². The van der Waals surface area contributed by atoms with Crippen LogP contribution in [0.5, 0.6) is 0 Å². The van der Waals surface area contributed by atoms with Gasteiger partial charge in [0.2, 0.25) is 0 Å². The average molecular weight is 168 g/mol. The second-order valence-electron chi connectivity index (χ2n) is 1.47. The van der Waals surface area contributed by atoms with Gasteiger partial charge in [-0.05, 0) is 17.4 Å². The summed E-state index contributed by atoms with van der Waals surface area (Å²) in [4.78, 5) is 0. The number of hydrogen-bond acceptors (Lipinski definition) is 2. The molecule has 1 aromatic rings. The fourth-order valence-electron chi connectivity index (χ4n) is 0.477. The summed E-state index contributed by atoms with van der Waals surface area (Å²) in [7, 11) is 0. The fourth-order valence-corrected chi connectivity index (χ4v) is 1.31. The molecule has 0 spiro atoms. The van der Waals surface area contributed by atoms with E-state index in [-0.39, 0.29) is 0 Å². The van der Waals surface area contributed by atoms with Crippen LogP contribution in [-0.4, -0.2) is 0 Å². The standard InChI is InChI=1S/C7H2ClNS/c8-7-6(2-1-4-9)3-5-10-7/h3,5H.